The standard InChI is InChI=1S/C14H17N3O3/c1-2-20-12(18)7-6-9-8-16-13-10(9)4-3-5-11(13)14(15)17-19/h3-5,8,16,19H,2,6-7H2,1H3,(H2,15,17). The van der Waals surface area contributed by atoms with Crippen LogP contribution in [0.1, 0.15) is 24.5 Å². The van der Waals surface area contributed by atoms with Gasteiger partial charge in [0.25, 0.3) is 0 Å². The number of H-pyrrole nitrogens is 1. The first kappa shape index (κ1) is 13.9. The minimum absolute atomic E-state index is 0.0504. The van der Waals surface area contributed by atoms with E-state index < -0.39 is 0 Å². The summed E-state index contributed by atoms with van der Waals surface area (Å²) in [7, 11) is 0. The van der Waals surface area contributed by atoms with Crippen molar-refractivity contribution in [3.05, 3.63) is 35.5 Å². The van der Waals surface area contributed by atoms with Crippen LogP contribution in [-0.4, -0.2) is 28.6 Å². The number of amidine groups is 1. The number of nitrogens with two attached hydrogens (primary N) is 1. The van der Waals surface area contributed by atoms with Gasteiger partial charge in [-0.25, -0.2) is 0 Å². The number of benzene rings is 1. The lowest BCUT2D eigenvalue weighted by Gasteiger charge is -2.03. The molecule has 2 rings (SSSR count). The number of aromatic amines is 1. The van der Waals surface area contributed by atoms with Crippen molar-refractivity contribution in [2.24, 2.45) is 10.9 Å². The number of rotatable bonds is 5. The molecular weight excluding hydrogens is 258 g/mol. The number of carbonyl (C=O) groups is 1. The zero-order valence-corrected chi connectivity index (χ0v) is 11.2. The van der Waals surface area contributed by atoms with E-state index in [2.05, 4.69) is 10.1 Å². The molecule has 106 valence electrons. The Morgan fingerprint density at radius 1 is 1.50 bits per heavy atom. The number of ether oxygens (including phenoxy) is 1. The fourth-order valence-electron chi connectivity index (χ4n) is 2.16. The molecule has 6 heteroatoms. The number of nitrogens with zero attached hydrogens (tertiary/aromatic N) is 1. The molecule has 0 saturated carbocycles. The van der Waals surface area contributed by atoms with Crippen molar-refractivity contribution in [3.63, 3.8) is 0 Å². The maximum Gasteiger partial charge on any atom is 0.306 e. The summed E-state index contributed by atoms with van der Waals surface area (Å²) in [5.41, 5.74) is 8.06. The van der Waals surface area contributed by atoms with Gasteiger partial charge in [-0.2, -0.15) is 0 Å². The van der Waals surface area contributed by atoms with Crippen LogP contribution in [0.25, 0.3) is 10.9 Å². The smallest absolute Gasteiger partial charge is 0.306 e. The van der Waals surface area contributed by atoms with Crippen LogP contribution in [0.4, 0.5) is 0 Å². The SMILES string of the molecule is CCOC(=O)CCc1c[nH]c2c(C(N)=NO)cccc12. The van der Waals surface area contributed by atoms with Crippen molar-refractivity contribution in [1.82, 2.24) is 4.98 Å². The van der Waals surface area contributed by atoms with Crippen LogP contribution >= 0.6 is 0 Å². The van der Waals surface area contributed by atoms with Gasteiger partial charge >= 0.3 is 5.97 Å². The van der Waals surface area contributed by atoms with E-state index in [0.717, 1.165) is 16.5 Å². The van der Waals surface area contributed by atoms with E-state index in [1.54, 1.807) is 13.0 Å². The number of aromatic nitrogens is 1. The van der Waals surface area contributed by atoms with Gasteiger partial charge in [0, 0.05) is 23.6 Å². The molecule has 1 aromatic heterocycles. The molecule has 0 saturated heterocycles. The molecule has 1 heterocycles. The summed E-state index contributed by atoms with van der Waals surface area (Å²) in [5, 5.41) is 12.8. The van der Waals surface area contributed by atoms with Gasteiger partial charge < -0.3 is 20.7 Å². The zero-order chi connectivity index (χ0) is 14.5. The first-order valence-corrected chi connectivity index (χ1v) is 6.39. The predicted molar refractivity (Wildman–Crippen MR) is 75.8 cm³/mol. The summed E-state index contributed by atoms with van der Waals surface area (Å²) in [5.74, 6) is -0.163. The quantitative estimate of drug-likeness (QED) is 0.254. The Bertz CT molecular complexity index is 646. The molecule has 2 aromatic rings. The van der Waals surface area contributed by atoms with Gasteiger partial charge in [-0.3, -0.25) is 4.79 Å². The minimum atomic E-state index is -0.213. The van der Waals surface area contributed by atoms with Gasteiger partial charge in [-0.05, 0) is 25.0 Å². The van der Waals surface area contributed by atoms with Crippen LogP contribution in [0, 0.1) is 0 Å². The normalized spacial score (nSPS) is 11.8. The Kier molecular flexibility index (Phi) is 4.24. The molecule has 0 atom stereocenters. The third kappa shape index (κ3) is 2.74. The number of hydrogen-bond donors (Lipinski definition) is 3. The van der Waals surface area contributed by atoms with E-state index >= 15 is 0 Å². The maximum atomic E-state index is 11.4. The molecular formula is C14H17N3O3. The summed E-state index contributed by atoms with van der Waals surface area (Å²) in [4.78, 5) is 14.5. The van der Waals surface area contributed by atoms with Crippen molar-refractivity contribution in [2.45, 2.75) is 19.8 Å². The van der Waals surface area contributed by atoms with Gasteiger partial charge in [0.05, 0.1) is 12.1 Å². The lowest BCUT2D eigenvalue weighted by Crippen LogP contribution is -2.13. The topological polar surface area (TPSA) is 101 Å². The van der Waals surface area contributed by atoms with E-state index in [0.29, 0.717) is 25.0 Å². The van der Waals surface area contributed by atoms with Crippen LogP contribution in [0.5, 0.6) is 0 Å². The fraction of sp³-hybridized carbons (Fsp3) is 0.286. The van der Waals surface area contributed by atoms with Crippen LogP contribution in [0.2, 0.25) is 0 Å². The first-order chi connectivity index (χ1) is 9.67. The molecule has 4 N–H and O–H groups in total. The van der Waals surface area contributed by atoms with Gasteiger partial charge in [-0.15, -0.1) is 0 Å². The second-order valence-corrected chi connectivity index (χ2v) is 4.33. The molecule has 0 aliphatic carbocycles. The number of aryl methyl sites for hydroxylation is 1. The van der Waals surface area contributed by atoms with Crippen LogP contribution in [-0.2, 0) is 16.0 Å². The highest BCUT2D eigenvalue weighted by atomic mass is 16.5. The maximum absolute atomic E-state index is 11.4. The molecule has 0 spiro atoms. The number of nitrogens with one attached hydrogen (secondary N) is 1. The number of hydrogen-bond acceptors (Lipinski definition) is 4. The molecule has 0 aliphatic rings. The average molecular weight is 275 g/mol. The monoisotopic (exact) mass is 275 g/mol. The van der Waals surface area contributed by atoms with E-state index in [1.165, 1.54) is 0 Å². The van der Waals surface area contributed by atoms with Gasteiger partial charge in [0.1, 0.15) is 0 Å². The van der Waals surface area contributed by atoms with Gasteiger partial charge in [0.2, 0.25) is 0 Å². The van der Waals surface area contributed by atoms with E-state index in [9.17, 15) is 4.79 Å². The highest BCUT2D eigenvalue weighted by Gasteiger charge is 2.11. The highest BCUT2D eigenvalue weighted by molar-refractivity contribution is 6.08. The Morgan fingerprint density at radius 3 is 3.00 bits per heavy atom. The highest BCUT2D eigenvalue weighted by Crippen LogP contribution is 2.22. The van der Waals surface area contributed by atoms with Crippen molar-refractivity contribution in [1.29, 1.82) is 0 Å². The molecule has 1 aromatic carbocycles. The summed E-state index contributed by atoms with van der Waals surface area (Å²) >= 11 is 0. The van der Waals surface area contributed by atoms with E-state index in [1.807, 2.05) is 18.3 Å². The molecule has 0 unspecified atom stereocenters. The largest absolute Gasteiger partial charge is 0.466 e. The second-order valence-electron chi connectivity index (χ2n) is 4.33. The van der Waals surface area contributed by atoms with Crippen LogP contribution in [0.15, 0.2) is 29.6 Å². The van der Waals surface area contributed by atoms with Crippen LogP contribution in [0.3, 0.4) is 0 Å². The van der Waals surface area contributed by atoms with E-state index in [4.69, 9.17) is 15.7 Å². The summed E-state index contributed by atoms with van der Waals surface area (Å²) in [6, 6.07) is 5.53. The Balaban J connectivity index is 2.27. The molecule has 0 fully saturated rings. The van der Waals surface area contributed by atoms with Crippen molar-refractivity contribution in [2.75, 3.05) is 6.61 Å². The van der Waals surface area contributed by atoms with E-state index in [-0.39, 0.29) is 11.8 Å². The molecule has 0 bridgehead atoms. The Labute approximate surface area is 116 Å². The van der Waals surface area contributed by atoms with Crippen molar-refractivity contribution in [3.8, 4) is 0 Å². The second kappa shape index (κ2) is 6.10. The Morgan fingerprint density at radius 2 is 2.30 bits per heavy atom. The van der Waals surface area contributed by atoms with Gasteiger partial charge in [-0.1, -0.05) is 17.3 Å². The molecule has 6 nitrogen and oxygen atoms in total. The number of carbonyl (C=O) groups excluding carboxylic acids is 1. The predicted octanol–water partition coefficient (Wildman–Crippen LogP) is 1.76. The summed E-state index contributed by atoms with van der Waals surface area (Å²) in [6.07, 6.45) is 2.74. The van der Waals surface area contributed by atoms with Crippen molar-refractivity contribution >= 4 is 22.7 Å². The molecule has 0 radical (unpaired) electrons. The number of fused-ring (bicyclic) bond motifs is 1. The lowest BCUT2D eigenvalue weighted by atomic mass is 10.1. The number of oxime groups is 1. The minimum Gasteiger partial charge on any atom is -0.466 e. The zero-order valence-electron chi connectivity index (χ0n) is 11.2. The molecule has 20 heavy (non-hydrogen) atoms. The first-order valence-electron chi connectivity index (χ1n) is 6.39. The summed E-state index contributed by atoms with van der Waals surface area (Å²) in [6.45, 7) is 2.17. The third-order valence-electron chi connectivity index (χ3n) is 3.09. The van der Waals surface area contributed by atoms with Gasteiger partial charge in [0.15, 0.2) is 5.84 Å². The Hall–Kier alpha value is -2.50. The average Bonchev–Trinajstić information content (AvgIpc) is 2.87. The molecule has 0 amide bonds. The summed E-state index contributed by atoms with van der Waals surface area (Å²) < 4.78 is 4.91. The third-order valence-corrected chi connectivity index (χ3v) is 3.09. The number of esters is 1. The number of para-hydroxylation sites is 1. The lowest BCUT2D eigenvalue weighted by molar-refractivity contribution is -0.143. The van der Waals surface area contributed by atoms with Crippen molar-refractivity contribution < 1.29 is 14.7 Å². The van der Waals surface area contributed by atoms with Crippen LogP contribution < -0.4 is 5.73 Å². The fourth-order valence-corrected chi connectivity index (χ4v) is 2.16. The molecule has 0 aliphatic heterocycles.